The molecule has 2 aliphatic rings. The van der Waals surface area contributed by atoms with Crippen LogP contribution in [0.5, 0.6) is 0 Å². The van der Waals surface area contributed by atoms with Crippen molar-refractivity contribution in [3.8, 4) is 0 Å². The number of hydrogen-bond acceptors (Lipinski definition) is 1. The predicted octanol–water partition coefficient (Wildman–Crippen LogP) is 2.38. The molecule has 1 spiro atoms. The molecule has 1 nitrogen and oxygen atoms in total. The minimum Gasteiger partial charge on any atom is -0.381 e. The van der Waals surface area contributed by atoms with Gasteiger partial charge in [-0.05, 0) is 31.1 Å². The quantitative estimate of drug-likeness (QED) is 0.475. The van der Waals surface area contributed by atoms with Crippen LogP contribution in [0, 0.1) is 5.41 Å². The van der Waals surface area contributed by atoms with E-state index in [9.17, 15) is 0 Å². The molecule has 1 heterocycles. The molecule has 1 aliphatic carbocycles. The van der Waals surface area contributed by atoms with E-state index in [1.54, 1.807) is 0 Å². The van der Waals surface area contributed by atoms with Gasteiger partial charge in [0.1, 0.15) is 0 Å². The smallest absolute Gasteiger partial charge is 0.0471 e. The fourth-order valence-electron chi connectivity index (χ4n) is 2.00. The fourth-order valence-corrected chi connectivity index (χ4v) is 3.25. The van der Waals surface area contributed by atoms with E-state index in [1.807, 2.05) is 0 Å². The Morgan fingerprint density at radius 2 is 1.90 bits per heavy atom. The van der Waals surface area contributed by atoms with Gasteiger partial charge in [-0.25, -0.2) is 0 Å². The van der Waals surface area contributed by atoms with E-state index in [-0.39, 0.29) is 0 Å². The zero-order chi connectivity index (χ0) is 7.03. The van der Waals surface area contributed by atoms with Crippen molar-refractivity contribution in [2.75, 3.05) is 13.2 Å². The van der Waals surface area contributed by atoms with Gasteiger partial charge in [-0.1, -0.05) is 22.6 Å². The van der Waals surface area contributed by atoms with Crippen molar-refractivity contribution >= 4 is 22.6 Å². The van der Waals surface area contributed by atoms with Crippen molar-refractivity contribution in [1.82, 2.24) is 0 Å². The number of hydrogen-bond donors (Lipinski definition) is 0. The Balaban J connectivity index is 1.99. The Labute approximate surface area is 75.7 Å². The molecule has 0 N–H and O–H groups in total. The second-order valence-corrected chi connectivity index (χ2v) is 4.98. The van der Waals surface area contributed by atoms with Crippen molar-refractivity contribution < 1.29 is 4.74 Å². The van der Waals surface area contributed by atoms with Crippen LogP contribution < -0.4 is 0 Å². The topological polar surface area (TPSA) is 9.23 Å². The summed E-state index contributed by atoms with van der Waals surface area (Å²) in [5.41, 5.74) is 0.721. The number of rotatable bonds is 0. The lowest BCUT2D eigenvalue weighted by Gasteiger charge is -2.49. The molecule has 0 amide bonds. The maximum atomic E-state index is 5.35. The van der Waals surface area contributed by atoms with Crippen LogP contribution in [0.4, 0.5) is 0 Å². The largest absolute Gasteiger partial charge is 0.381 e. The van der Waals surface area contributed by atoms with Gasteiger partial charge in [-0.15, -0.1) is 0 Å². The van der Waals surface area contributed by atoms with E-state index in [0.29, 0.717) is 0 Å². The first-order valence-electron chi connectivity index (χ1n) is 4.05. The van der Waals surface area contributed by atoms with Crippen molar-refractivity contribution in [3.05, 3.63) is 0 Å². The molecule has 0 radical (unpaired) electrons. The van der Waals surface area contributed by atoms with Crippen molar-refractivity contribution in [3.63, 3.8) is 0 Å². The lowest BCUT2D eigenvalue weighted by molar-refractivity contribution is -0.0190. The summed E-state index contributed by atoms with van der Waals surface area (Å²) in [6, 6.07) is 0. The van der Waals surface area contributed by atoms with Crippen LogP contribution >= 0.6 is 22.6 Å². The van der Waals surface area contributed by atoms with Gasteiger partial charge in [-0.2, -0.15) is 0 Å². The maximum absolute atomic E-state index is 5.35. The fraction of sp³-hybridized carbons (Fsp3) is 1.00. The van der Waals surface area contributed by atoms with Crippen LogP contribution in [-0.4, -0.2) is 17.1 Å². The van der Waals surface area contributed by atoms with Gasteiger partial charge in [0, 0.05) is 17.1 Å². The molecule has 1 atom stereocenters. The second kappa shape index (κ2) is 2.63. The molecule has 1 aliphatic heterocycles. The van der Waals surface area contributed by atoms with Gasteiger partial charge < -0.3 is 4.74 Å². The summed E-state index contributed by atoms with van der Waals surface area (Å²) in [4.78, 5) is 0. The lowest BCUT2D eigenvalue weighted by atomic mass is 9.64. The molecule has 1 saturated heterocycles. The molecular formula is C8H13IO. The third kappa shape index (κ3) is 0.998. The summed E-state index contributed by atoms with van der Waals surface area (Å²) in [6.07, 6.45) is 5.55. The van der Waals surface area contributed by atoms with Gasteiger partial charge in [0.2, 0.25) is 0 Å². The monoisotopic (exact) mass is 252 g/mol. The van der Waals surface area contributed by atoms with E-state index in [0.717, 1.165) is 22.6 Å². The van der Waals surface area contributed by atoms with Gasteiger partial charge in [0.25, 0.3) is 0 Å². The highest BCUT2D eigenvalue weighted by Gasteiger charge is 2.45. The van der Waals surface area contributed by atoms with E-state index in [2.05, 4.69) is 22.6 Å². The molecule has 0 aromatic carbocycles. The standard InChI is InChI=1S/C8H13IO/c9-7-1-2-8(7)3-5-10-6-4-8/h7H,1-6H2. The molecule has 0 aromatic heterocycles. The molecule has 0 bridgehead atoms. The van der Waals surface area contributed by atoms with E-state index in [1.165, 1.54) is 25.7 Å². The van der Waals surface area contributed by atoms with Crippen molar-refractivity contribution in [2.24, 2.45) is 5.41 Å². The van der Waals surface area contributed by atoms with Crippen molar-refractivity contribution in [2.45, 2.75) is 29.6 Å². The first kappa shape index (κ1) is 7.35. The minimum atomic E-state index is 0.721. The third-order valence-corrected chi connectivity index (χ3v) is 4.99. The number of ether oxygens (including phenoxy) is 1. The SMILES string of the molecule is IC1CCC12CCOCC2. The zero-order valence-corrected chi connectivity index (χ0v) is 8.26. The third-order valence-electron chi connectivity index (χ3n) is 3.05. The highest BCUT2D eigenvalue weighted by atomic mass is 127. The maximum Gasteiger partial charge on any atom is 0.0471 e. The number of alkyl halides is 1. The average Bonchev–Trinajstić information content (AvgIpc) is 2.04. The normalized spacial score (nSPS) is 37.5. The Bertz CT molecular complexity index is 129. The first-order chi connectivity index (χ1) is 4.83. The summed E-state index contributed by atoms with van der Waals surface area (Å²) >= 11 is 2.61. The Morgan fingerprint density at radius 3 is 2.20 bits per heavy atom. The van der Waals surface area contributed by atoms with Gasteiger partial charge >= 0.3 is 0 Å². The Morgan fingerprint density at radius 1 is 1.20 bits per heavy atom. The summed E-state index contributed by atoms with van der Waals surface area (Å²) in [5, 5.41) is 0. The molecule has 1 unspecified atom stereocenters. The van der Waals surface area contributed by atoms with Crippen LogP contribution in [0.1, 0.15) is 25.7 Å². The van der Waals surface area contributed by atoms with E-state index >= 15 is 0 Å². The summed E-state index contributed by atoms with van der Waals surface area (Å²) in [6.45, 7) is 2.03. The predicted molar refractivity (Wildman–Crippen MR) is 49.5 cm³/mol. The molecule has 1 saturated carbocycles. The van der Waals surface area contributed by atoms with Crippen LogP contribution in [0.25, 0.3) is 0 Å². The molecular weight excluding hydrogens is 239 g/mol. The zero-order valence-electron chi connectivity index (χ0n) is 6.11. The second-order valence-electron chi connectivity index (χ2n) is 3.48. The molecule has 0 aromatic rings. The Kier molecular flexibility index (Phi) is 1.93. The Hall–Kier alpha value is 0.690. The van der Waals surface area contributed by atoms with Crippen LogP contribution in [0.2, 0.25) is 0 Å². The van der Waals surface area contributed by atoms with E-state index < -0.39 is 0 Å². The summed E-state index contributed by atoms with van der Waals surface area (Å²) < 4.78 is 6.30. The van der Waals surface area contributed by atoms with Crippen LogP contribution in [0.15, 0.2) is 0 Å². The van der Waals surface area contributed by atoms with Crippen LogP contribution in [-0.2, 0) is 4.74 Å². The summed E-state index contributed by atoms with van der Waals surface area (Å²) in [5.74, 6) is 0. The minimum absolute atomic E-state index is 0.721. The van der Waals surface area contributed by atoms with Crippen molar-refractivity contribution in [1.29, 1.82) is 0 Å². The lowest BCUT2D eigenvalue weighted by Crippen LogP contribution is -2.45. The van der Waals surface area contributed by atoms with Gasteiger partial charge in [0.15, 0.2) is 0 Å². The average molecular weight is 252 g/mol. The first-order valence-corrected chi connectivity index (χ1v) is 5.30. The highest BCUT2D eigenvalue weighted by Crippen LogP contribution is 2.52. The molecule has 10 heavy (non-hydrogen) atoms. The summed E-state index contributed by atoms with van der Waals surface area (Å²) in [7, 11) is 0. The molecule has 2 heteroatoms. The van der Waals surface area contributed by atoms with Crippen LogP contribution in [0.3, 0.4) is 0 Å². The van der Waals surface area contributed by atoms with Gasteiger partial charge in [-0.3, -0.25) is 0 Å². The molecule has 58 valence electrons. The number of halogens is 1. The highest BCUT2D eigenvalue weighted by molar-refractivity contribution is 14.1. The molecule has 2 rings (SSSR count). The molecule has 2 fully saturated rings. The van der Waals surface area contributed by atoms with Gasteiger partial charge in [0.05, 0.1) is 0 Å². The van der Waals surface area contributed by atoms with E-state index in [4.69, 9.17) is 4.74 Å².